The average molecular weight is 439 g/mol. The highest BCUT2D eigenvalue weighted by atomic mass is 19.4. The highest BCUT2D eigenvalue weighted by Crippen LogP contribution is 2.43. The van der Waals surface area contributed by atoms with Gasteiger partial charge in [-0.05, 0) is 35.4 Å². The van der Waals surface area contributed by atoms with E-state index in [0.29, 0.717) is 0 Å². The van der Waals surface area contributed by atoms with Gasteiger partial charge in [-0.25, -0.2) is 9.80 Å². The quantitative estimate of drug-likeness (QED) is 0.590. The van der Waals surface area contributed by atoms with Crippen molar-refractivity contribution in [3.05, 3.63) is 102 Å². The predicted molar refractivity (Wildman–Crippen MR) is 113 cm³/mol. The van der Waals surface area contributed by atoms with Crippen molar-refractivity contribution in [1.82, 2.24) is 10.0 Å². The number of hydrogen-bond acceptors (Lipinski definition) is 2. The smallest absolute Gasteiger partial charge is 0.306 e. The molecule has 32 heavy (non-hydrogen) atoms. The number of amides is 3. The third-order valence-electron chi connectivity index (χ3n) is 5.46. The van der Waals surface area contributed by atoms with Crippen molar-refractivity contribution in [2.24, 2.45) is 0 Å². The van der Waals surface area contributed by atoms with Crippen LogP contribution in [0.25, 0.3) is 0 Å². The topological polar surface area (TPSA) is 52.7 Å². The Labute approximate surface area is 183 Å². The van der Waals surface area contributed by atoms with Crippen LogP contribution in [0.15, 0.2) is 84.9 Å². The van der Waals surface area contributed by atoms with Crippen LogP contribution in [0.4, 0.5) is 23.7 Å². The lowest BCUT2D eigenvalue weighted by molar-refractivity contribution is -0.137. The van der Waals surface area contributed by atoms with Gasteiger partial charge in [-0.3, -0.25) is 9.80 Å². The number of carbonyl (C=O) groups excluding carboxylic acids is 2. The number of rotatable bonds is 3. The fourth-order valence-corrected chi connectivity index (χ4v) is 3.93. The molecule has 8 heteroatoms. The molecule has 1 heterocycles. The minimum atomic E-state index is -4.47. The number of nitrogens with one attached hydrogen (secondary N) is 1. The summed E-state index contributed by atoms with van der Waals surface area (Å²) < 4.78 is 38.5. The number of benzene rings is 3. The molecule has 1 N–H and O–H groups in total. The molecule has 2 unspecified atom stereocenters. The van der Waals surface area contributed by atoms with Gasteiger partial charge in [0.15, 0.2) is 0 Å². The number of likely N-dealkylation sites (N-methyl/N-ethyl adjacent to an activating group) is 1. The summed E-state index contributed by atoms with van der Waals surface area (Å²) in [5.74, 6) is -0.880. The van der Waals surface area contributed by atoms with E-state index in [9.17, 15) is 22.8 Å². The van der Waals surface area contributed by atoms with E-state index in [2.05, 4.69) is 5.32 Å². The zero-order chi connectivity index (χ0) is 22.9. The maximum atomic E-state index is 13.2. The van der Waals surface area contributed by atoms with Gasteiger partial charge in [0.25, 0.3) is 5.91 Å². The number of urea groups is 1. The fraction of sp³-hybridized carbons (Fsp3) is 0.167. The zero-order valence-corrected chi connectivity index (χ0v) is 17.1. The lowest BCUT2D eigenvalue weighted by Gasteiger charge is -2.30. The van der Waals surface area contributed by atoms with E-state index in [0.717, 1.165) is 23.3 Å². The van der Waals surface area contributed by atoms with E-state index in [1.807, 2.05) is 60.7 Å². The van der Waals surface area contributed by atoms with Crippen molar-refractivity contribution in [2.45, 2.75) is 18.1 Å². The van der Waals surface area contributed by atoms with Crippen LogP contribution in [0, 0.1) is 0 Å². The molecule has 4 rings (SSSR count). The average Bonchev–Trinajstić information content (AvgIpc) is 3.05. The van der Waals surface area contributed by atoms with E-state index < -0.39 is 29.7 Å². The van der Waals surface area contributed by atoms with Crippen molar-refractivity contribution in [1.29, 1.82) is 0 Å². The first kappa shape index (κ1) is 21.4. The van der Waals surface area contributed by atoms with Crippen molar-refractivity contribution in [2.75, 3.05) is 12.4 Å². The number of anilines is 1. The molecular weight excluding hydrogens is 419 g/mol. The standard InChI is InChI=1S/C24H20F3N3O2/c1-29-22(31)20(16-8-4-2-5-9-16)21(17-10-6-3-7-11-17)30(29)23(32)28-19-14-12-18(13-15-19)24(25,26)27/h2-15,20-21H,1H3,(H,28,32). The Hall–Kier alpha value is -3.81. The molecule has 2 atom stereocenters. The van der Waals surface area contributed by atoms with E-state index >= 15 is 0 Å². The molecule has 0 spiro atoms. The van der Waals surface area contributed by atoms with Crippen LogP contribution in [0.1, 0.15) is 28.7 Å². The SMILES string of the molecule is CN1C(=O)C(c2ccccc2)C(c2ccccc2)N1C(=O)Nc1ccc(C(F)(F)F)cc1. The van der Waals surface area contributed by atoms with Gasteiger partial charge in [0.1, 0.15) is 0 Å². The molecule has 0 bridgehead atoms. The lowest BCUT2D eigenvalue weighted by atomic mass is 9.87. The second-order valence-corrected chi connectivity index (χ2v) is 7.46. The monoisotopic (exact) mass is 439 g/mol. The normalized spacial score (nSPS) is 18.7. The summed E-state index contributed by atoms with van der Waals surface area (Å²) in [6.07, 6.45) is -4.47. The molecule has 1 saturated heterocycles. The summed E-state index contributed by atoms with van der Waals surface area (Å²) in [5.41, 5.74) is 0.916. The molecule has 3 amide bonds. The summed E-state index contributed by atoms with van der Waals surface area (Å²) in [6.45, 7) is 0. The fourth-order valence-electron chi connectivity index (χ4n) is 3.93. The van der Waals surface area contributed by atoms with Gasteiger partial charge in [-0.2, -0.15) is 13.2 Å². The van der Waals surface area contributed by atoms with E-state index in [1.54, 1.807) is 0 Å². The van der Waals surface area contributed by atoms with Crippen LogP contribution in [0.5, 0.6) is 0 Å². The Kier molecular flexibility index (Phi) is 5.61. The number of carbonyl (C=O) groups is 2. The van der Waals surface area contributed by atoms with Crippen molar-refractivity contribution in [3.8, 4) is 0 Å². The Morgan fingerprint density at radius 2 is 1.38 bits per heavy atom. The molecule has 164 valence electrons. The van der Waals surface area contributed by atoms with Crippen LogP contribution in [-0.4, -0.2) is 29.0 Å². The molecule has 0 saturated carbocycles. The van der Waals surface area contributed by atoms with Gasteiger partial charge in [0.05, 0.1) is 17.5 Å². The van der Waals surface area contributed by atoms with E-state index in [-0.39, 0.29) is 11.6 Å². The summed E-state index contributed by atoms with van der Waals surface area (Å²) in [7, 11) is 1.51. The molecule has 3 aromatic carbocycles. The third kappa shape index (κ3) is 4.03. The minimum Gasteiger partial charge on any atom is -0.306 e. The van der Waals surface area contributed by atoms with Gasteiger partial charge in [-0.15, -0.1) is 0 Å². The third-order valence-corrected chi connectivity index (χ3v) is 5.46. The van der Waals surface area contributed by atoms with Gasteiger partial charge >= 0.3 is 12.2 Å². The van der Waals surface area contributed by atoms with Gasteiger partial charge in [0, 0.05) is 12.7 Å². The van der Waals surface area contributed by atoms with E-state index in [1.165, 1.54) is 29.2 Å². The lowest BCUT2D eigenvalue weighted by Crippen LogP contribution is -2.44. The molecule has 0 radical (unpaired) electrons. The Bertz CT molecular complexity index is 1100. The number of hydrogen-bond donors (Lipinski definition) is 1. The van der Waals surface area contributed by atoms with E-state index in [4.69, 9.17) is 0 Å². The molecule has 3 aromatic rings. The van der Waals surface area contributed by atoms with Crippen LogP contribution in [0.3, 0.4) is 0 Å². The molecule has 1 aliphatic heterocycles. The summed E-state index contributed by atoms with van der Waals surface area (Å²) in [6, 6.07) is 21.3. The molecular formula is C24H20F3N3O2. The van der Waals surface area contributed by atoms with Crippen molar-refractivity contribution in [3.63, 3.8) is 0 Å². The predicted octanol–water partition coefficient (Wildman–Crippen LogP) is 5.45. The minimum absolute atomic E-state index is 0.193. The molecule has 5 nitrogen and oxygen atoms in total. The molecule has 1 fully saturated rings. The van der Waals surface area contributed by atoms with Crippen molar-refractivity contribution >= 4 is 17.6 Å². The van der Waals surface area contributed by atoms with Crippen LogP contribution >= 0.6 is 0 Å². The maximum Gasteiger partial charge on any atom is 0.416 e. The van der Waals surface area contributed by atoms with Crippen LogP contribution < -0.4 is 5.32 Å². The Morgan fingerprint density at radius 3 is 1.91 bits per heavy atom. The molecule has 0 aliphatic carbocycles. The summed E-state index contributed by atoms with van der Waals surface area (Å²) in [5, 5.41) is 5.18. The van der Waals surface area contributed by atoms with Gasteiger partial charge in [0.2, 0.25) is 0 Å². The number of halogens is 3. The van der Waals surface area contributed by atoms with Crippen molar-refractivity contribution < 1.29 is 22.8 Å². The first-order valence-corrected chi connectivity index (χ1v) is 9.92. The summed E-state index contributed by atoms with van der Waals surface area (Å²) >= 11 is 0. The molecule has 1 aliphatic rings. The Morgan fingerprint density at radius 1 is 0.844 bits per heavy atom. The number of alkyl halides is 3. The molecule has 0 aromatic heterocycles. The number of nitrogens with zero attached hydrogens (tertiary/aromatic N) is 2. The van der Waals surface area contributed by atoms with Gasteiger partial charge < -0.3 is 5.32 Å². The van der Waals surface area contributed by atoms with Gasteiger partial charge in [-0.1, -0.05) is 60.7 Å². The second-order valence-electron chi connectivity index (χ2n) is 7.46. The maximum absolute atomic E-state index is 13.2. The second kappa shape index (κ2) is 8.37. The first-order valence-electron chi connectivity index (χ1n) is 9.92. The Balaban J connectivity index is 1.68. The highest BCUT2D eigenvalue weighted by molar-refractivity contribution is 5.96. The largest absolute Gasteiger partial charge is 0.416 e. The number of hydrazine groups is 1. The first-order chi connectivity index (χ1) is 15.3. The van der Waals surface area contributed by atoms with Crippen LogP contribution in [-0.2, 0) is 11.0 Å². The highest BCUT2D eigenvalue weighted by Gasteiger charge is 2.49. The van der Waals surface area contributed by atoms with Crippen LogP contribution in [0.2, 0.25) is 0 Å². The zero-order valence-electron chi connectivity index (χ0n) is 17.1. The summed E-state index contributed by atoms with van der Waals surface area (Å²) in [4.78, 5) is 26.4.